The molecule has 0 radical (unpaired) electrons. The first-order valence-electron chi connectivity index (χ1n) is 6.10. The number of carbonyl (C=O) groups is 1. The lowest BCUT2D eigenvalue weighted by Crippen LogP contribution is -2.60. The molecule has 0 saturated carbocycles. The highest BCUT2D eigenvalue weighted by atomic mass is 16.7. The molecule has 1 aliphatic rings. The molecule has 0 bridgehead atoms. The van der Waals surface area contributed by atoms with Crippen LogP contribution in [0, 0.1) is 0 Å². The van der Waals surface area contributed by atoms with Gasteiger partial charge in [0.2, 0.25) is 6.29 Å². The van der Waals surface area contributed by atoms with Crippen LogP contribution in [0.1, 0.15) is 10.4 Å². The topological polar surface area (TPSA) is 116 Å². The molecule has 0 unspecified atom stereocenters. The van der Waals surface area contributed by atoms with E-state index in [1.807, 2.05) is 0 Å². The molecule has 0 spiro atoms. The highest BCUT2D eigenvalue weighted by molar-refractivity contribution is 5.79. The van der Waals surface area contributed by atoms with Crippen LogP contribution in [-0.4, -0.2) is 64.0 Å². The lowest BCUT2D eigenvalue weighted by atomic mass is 9.99. The summed E-state index contributed by atoms with van der Waals surface area (Å²) in [5.41, 5.74) is 0.254. The second-order valence-corrected chi connectivity index (χ2v) is 4.47. The third kappa shape index (κ3) is 2.82. The standard InChI is InChI=1S/C13H16O7/c14-5-7-3-1-2-4-8(7)19-13-12(18)11(17)10(16)9(6-15)20-13/h1-5,9-13,15-18H,6H2/t9-,10+,11+,12+,13+/m0/s1. The third-order valence-corrected chi connectivity index (χ3v) is 3.14. The van der Waals surface area contributed by atoms with Crippen molar-refractivity contribution in [2.24, 2.45) is 0 Å². The summed E-state index contributed by atoms with van der Waals surface area (Å²) in [7, 11) is 0. The van der Waals surface area contributed by atoms with E-state index in [1.54, 1.807) is 12.1 Å². The van der Waals surface area contributed by atoms with Crippen LogP contribution in [0.25, 0.3) is 0 Å². The Labute approximate surface area is 115 Å². The number of hydrogen-bond donors (Lipinski definition) is 4. The summed E-state index contributed by atoms with van der Waals surface area (Å²) in [6.07, 6.45) is -6.24. The molecule has 2 rings (SSSR count). The lowest BCUT2D eigenvalue weighted by molar-refractivity contribution is -0.277. The van der Waals surface area contributed by atoms with E-state index in [-0.39, 0.29) is 11.3 Å². The maximum atomic E-state index is 10.9. The second kappa shape index (κ2) is 6.29. The average Bonchev–Trinajstić information content (AvgIpc) is 2.48. The molecular formula is C13H16O7. The summed E-state index contributed by atoms with van der Waals surface area (Å²) >= 11 is 0. The van der Waals surface area contributed by atoms with Crippen molar-refractivity contribution in [2.75, 3.05) is 6.61 Å². The number of carbonyl (C=O) groups excluding carboxylic acids is 1. The zero-order valence-electron chi connectivity index (χ0n) is 10.5. The molecule has 7 heteroatoms. The maximum absolute atomic E-state index is 10.9. The molecule has 1 heterocycles. The zero-order valence-corrected chi connectivity index (χ0v) is 10.5. The molecule has 1 aromatic carbocycles. The SMILES string of the molecule is O=Cc1ccccc1O[C@@H]1O[C@@H](CO)[C@@H](O)[C@@H](O)[C@H]1O. The molecule has 0 amide bonds. The second-order valence-electron chi connectivity index (χ2n) is 4.47. The van der Waals surface area contributed by atoms with E-state index in [0.29, 0.717) is 6.29 Å². The summed E-state index contributed by atoms with van der Waals surface area (Å²) < 4.78 is 10.5. The fourth-order valence-corrected chi connectivity index (χ4v) is 1.98. The van der Waals surface area contributed by atoms with E-state index in [2.05, 4.69) is 0 Å². The molecule has 0 aliphatic carbocycles. The molecule has 1 aliphatic heterocycles. The summed E-state index contributed by atoms with van der Waals surface area (Å²) in [4.78, 5) is 10.9. The average molecular weight is 284 g/mol. The van der Waals surface area contributed by atoms with Crippen molar-refractivity contribution in [1.82, 2.24) is 0 Å². The van der Waals surface area contributed by atoms with Crippen LogP contribution >= 0.6 is 0 Å². The van der Waals surface area contributed by atoms with Gasteiger partial charge in [0.1, 0.15) is 30.2 Å². The van der Waals surface area contributed by atoms with Crippen molar-refractivity contribution in [1.29, 1.82) is 0 Å². The van der Waals surface area contributed by atoms with Gasteiger partial charge in [-0.15, -0.1) is 0 Å². The van der Waals surface area contributed by atoms with Crippen LogP contribution < -0.4 is 4.74 Å². The summed E-state index contributed by atoms with van der Waals surface area (Å²) in [6, 6.07) is 6.30. The van der Waals surface area contributed by atoms with Crippen molar-refractivity contribution in [3.05, 3.63) is 29.8 Å². The Bertz CT molecular complexity index is 462. The van der Waals surface area contributed by atoms with E-state index < -0.39 is 37.3 Å². The first-order chi connectivity index (χ1) is 9.58. The molecule has 0 aromatic heterocycles. The largest absolute Gasteiger partial charge is 0.461 e. The van der Waals surface area contributed by atoms with Gasteiger partial charge in [0, 0.05) is 0 Å². The van der Waals surface area contributed by atoms with Crippen molar-refractivity contribution >= 4 is 6.29 Å². The van der Waals surface area contributed by atoms with Gasteiger partial charge in [-0.25, -0.2) is 0 Å². The maximum Gasteiger partial charge on any atom is 0.229 e. The Balaban J connectivity index is 2.17. The number of ether oxygens (including phenoxy) is 2. The van der Waals surface area contributed by atoms with E-state index in [9.17, 15) is 20.1 Å². The Morgan fingerprint density at radius 2 is 1.85 bits per heavy atom. The van der Waals surface area contributed by atoms with Gasteiger partial charge in [-0.3, -0.25) is 4.79 Å². The predicted octanol–water partition coefficient (Wildman–Crippen LogP) is -1.32. The monoisotopic (exact) mass is 284 g/mol. The van der Waals surface area contributed by atoms with Gasteiger partial charge < -0.3 is 29.9 Å². The first-order valence-corrected chi connectivity index (χ1v) is 6.10. The first kappa shape index (κ1) is 14.9. The number of para-hydroxylation sites is 1. The number of aliphatic hydroxyl groups excluding tert-OH is 4. The van der Waals surface area contributed by atoms with Crippen molar-refractivity contribution in [3.63, 3.8) is 0 Å². The van der Waals surface area contributed by atoms with Gasteiger partial charge in [-0.05, 0) is 12.1 Å². The Hall–Kier alpha value is -1.51. The van der Waals surface area contributed by atoms with Crippen LogP contribution in [0.2, 0.25) is 0 Å². The molecule has 4 N–H and O–H groups in total. The van der Waals surface area contributed by atoms with E-state index >= 15 is 0 Å². The van der Waals surface area contributed by atoms with Crippen molar-refractivity contribution in [3.8, 4) is 5.75 Å². The van der Waals surface area contributed by atoms with Crippen LogP contribution in [0.4, 0.5) is 0 Å². The summed E-state index contributed by atoms with van der Waals surface area (Å²) in [5, 5.41) is 38.1. The van der Waals surface area contributed by atoms with Crippen molar-refractivity contribution in [2.45, 2.75) is 30.7 Å². The number of aldehydes is 1. The molecular weight excluding hydrogens is 268 g/mol. The smallest absolute Gasteiger partial charge is 0.229 e. The lowest BCUT2D eigenvalue weighted by Gasteiger charge is -2.39. The number of aliphatic hydroxyl groups is 4. The van der Waals surface area contributed by atoms with Crippen LogP contribution in [-0.2, 0) is 4.74 Å². The third-order valence-electron chi connectivity index (χ3n) is 3.14. The zero-order chi connectivity index (χ0) is 14.7. The van der Waals surface area contributed by atoms with Crippen molar-refractivity contribution < 1.29 is 34.7 Å². The van der Waals surface area contributed by atoms with Gasteiger partial charge in [-0.1, -0.05) is 12.1 Å². The Morgan fingerprint density at radius 1 is 1.15 bits per heavy atom. The summed E-state index contributed by atoms with van der Waals surface area (Å²) in [5.74, 6) is 0.173. The van der Waals surface area contributed by atoms with E-state index in [4.69, 9.17) is 14.6 Å². The molecule has 1 saturated heterocycles. The Kier molecular flexibility index (Phi) is 4.69. The predicted molar refractivity (Wildman–Crippen MR) is 66.2 cm³/mol. The Morgan fingerprint density at radius 3 is 2.50 bits per heavy atom. The highest BCUT2D eigenvalue weighted by Crippen LogP contribution is 2.25. The van der Waals surface area contributed by atoms with E-state index in [1.165, 1.54) is 12.1 Å². The number of benzene rings is 1. The van der Waals surface area contributed by atoms with Crippen LogP contribution in [0.3, 0.4) is 0 Å². The molecule has 7 nitrogen and oxygen atoms in total. The molecule has 20 heavy (non-hydrogen) atoms. The quantitative estimate of drug-likeness (QED) is 0.507. The summed E-state index contributed by atoms with van der Waals surface area (Å²) in [6.45, 7) is -0.542. The van der Waals surface area contributed by atoms with Gasteiger partial charge >= 0.3 is 0 Å². The normalized spacial score (nSPS) is 33.7. The van der Waals surface area contributed by atoms with Gasteiger partial charge in [0.15, 0.2) is 6.29 Å². The molecule has 1 fully saturated rings. The fourth-order valence-electron chi connectivity index (χ4n) is 1.98. The minimum atomic E-state index is -1.52. The number of hydrogen-bond acceptors (Lipinski definition) is 7. The molecule has 5 atom stereocenters. The van der Waals surface area contributed by atoms with Gasteiger partial charge in [0.25, 0.3) is 0 Å². The molecule has 1 aromatic rings. The van der Waals surface area contributed by atoms with E-state index in [0.717, 1.165) is 0 Å². The molecule has 110 valence electrons. The minimum Gasteiger partial charge on any atom is -0.461 e. The fraction of sp³-hybridized carbons (Fsp3) is 0.462. The number of rotatable bonds is 4. The van der Waals surface area contributed by atoms with Crippen LogP contribution in [0.5, 0.6) is 5.75 Å². The minimum absolute atomic E-state index is 0.173. The highest BCUT2D eigenvalue weighted by Gasteiger charge is 2.44. The van der Waals surface area contributed by atoms with Crippen LogP contribution in [0.15, 0.2) is 24.3 Å². The van der Waals surface area contributed by atoms with Gasteiger partial charge in [0.05, 0.1) is 12.2 Å². The van der Waals surface area contributed by atoms with Gasteiger partial charge in [-0.2, -0.15) is 0 Å².